The van der Waals surface area contributed by atoms with E-state index in [4.69, 9.17) is 11.6 Å². The third-order valence-corrected chi connectivity index (χ3v) is 4.58. The number of hydrogen-bond donors (Lipinski definition) is 0. The minimum atomic E-state index is 0.118. The predicted molar refractivity (Wildman–Crippen MR) is 86.0 cm³/mol. The van der Waals surface area contributed by atoms with Gasteiger partial charge in [0.1, 0.15) is 0 Å². The van der Waals surface area contributed by atoms with Crippen LogP contribution in [-0.4, -0.2) is 28.9 Å². The van der Waals surface area contributed by atoms with E-state index in [2.05, 4.69) is 4.98 Å². The average Bonchev–Trinajstić information content (AvgIpc) is 2.51. The Bertz CT molecular complexity index is 705. The van der Waals surface area contributed by atoms with Crippen molar-refractivity contribution in [2.45, 2.75) is 33.1 Å². The molecule has 3 nitrogen and oxygen atoms in total. The average molecular weight is 303 g/mol. The van der Waals surface area contributed by atoms with Crippen molar-refractivity contribution < 1.29 is 4.79 Å². The van der Waals surface area contributed by atoms with Crippen LogP contribution in [0.15, 0.2) is 18.2 Å². The summed E-state index contributed by atoms with van der Waals surface area (Å²) < 4.78 is 0. The summed E-state index contributed by atoms with van der Waals surface area (Å²) in [6, 6.07) is 5.66. The van der Waals surface area contributed by atoms with Gasteiger partial charge in [-0.15, -0.1) is 0 Å². The summed E-state index contributed by atoms with van der Waals surface area (Å²) in [5, 5.41) is 1.59. The van der Waals surface area contributed by atoms with Crippen molar-refractivity contribution in [1.82, 2.24) is 9.88 Å². The largest absolute Gasteiger partial charge is 0.339 e. The molecule has 21 heavy (non-hydrogen) atoms. The van der Waals surface area contributed by atoms with Crippen molar-refractivity contribution >= 4 is 28.4 Å². The summed E-state index contributed by atoms with van der Waals surface area (Å²) in [5.74, 6) is 0.118. The maximum absolute atomic E-state index is 12.8. The number of hydrogen-bond acceptors (Lipinski definition) is 2. The third kappa shape index (κ3) is 2.62. The molecule has 0 N–H and O–H groups in total. The summed E-state index contributed by atoms with van der Waals surface area (Å²) >= 11 is 6.19. The number of amides is 1. The van der Waals surface area contributed by atoms with E-state index in [0.29, 0.717) is 5.02 Å². The van der Waals surface area contributed by atoms with Gasteiger partial charge >= 0.3 is 0 Å². The van der Waals surface area contributed by atoms with E-state index in [9.17, 15) is 4.79 Å². The standard InChI is InChI=1S/C17H19ClN2O/c1-11-10-14(17(21)20-8-4-3-5-9-20)13-6-7-15(18)12(2)16(13)19-11/h6-7,10H,3-5,8-9H2,1-2H3. The van der Waals surface area contributed by atoms with Gasteiger partial charge in [0.25, 0.3) is 5.91 Å². The van der Waals surface area contributed by atoms with Gasteiger partial charge in [-0.2, -0.15) is 0 Å². The number of rotatable bonds is 1. The zero-order valence-corrected chi connectivity index (χ0v) is 13.2. The molecule has 0 aliphatic carbocycles. The van der Waals surface area contributed by atoms with E-state index < -0.39 is 0 Å². The Morgan fingerprint density at radius 3 is 2.62 bits per heavy atom. The van der Waals surface area contributed by atoms with E-state index in [1.807, 2.05) is 36.9 Å². The molecule has 0 atom stereocenters. The number of carbonyl (C=O) groups excluding carboxylic acids is 1. The molecule has 1 aliphatic rings. The highest BCUT2D eigenvalue weighted by atomic mass is 35.5. The molecule has 1 fully saturated rings. The zero-order chi connectivity index (χ0) is 15.0. The second-order valence-corrected chi connectivity index (χ2v) is 6.14. The number of pyridine rings is 1. The van der Waals surface area contributed by atoms with Gasteiger partial charge in [0, 0.05) is 29.2 Å². The highest BCUT2D eigenvalue weighted by Gasteiger charge is 2.21. The molecular formula is C17H19ClN2O. The lowest BCUT2D eigenvalue weighted by molar-refractivity contribution is 0.0726. The number of benzene rings is 1. The molecule has 0 saturated carbocycles. The Labute approximate surface area is 129 Å². The molecule has 3 rings (SSSR count). The molecule has 1 aliphatic heterocycles. The zero-order valence-electron chi connectivity index (χ0n) is 12.4. The van der Waals surface area contributed by atoms with Gasteiger partial charge in [0.05, 0.1) is 11.1 Å². The van der Waals surface area contributed by atoms with Crippen LogP contribution in [0.4, 0.5) is 0 Å². The summed E-state index contributed by atoms with van der Waals surface area (Å²) in [6.45, 7) is 5.58. The van der Waals surface area contributed by atoms with Gasteiger partial charge in [-0.3, -0.25) is 9.78 Å². The molecule has 2 aromatic rings. The lowest BCUT2D eigenvalue weighted by Gasteiger charge is -2.27. The van der Waals surface area contributed by atoms with Crippen LogP contribution < -0.4 is 0 Å². The van der Waals surface area contributed by atoms with E-state index in [-0.39, 0.29) is 5.91 Å². The van der Waals surface area contributed by atoms with Crippen LogP contribution in [0.3, 0.4) is 0 Å². The number of halogens is 1. The number of likely N-dealkylation sites (tertiary alicyclic amines) is 1. The second kappa shape index (κ2) is 5.64. The second-order valence-electron chi connectivity index (χ2n) is 5.73. The summed E-state index contributed by atoms with van der Waals surface area (Å²) in [7, 11) is 0. The summed E-state index contributed by atoms with van der Waals surface area (Å²) in [6.07, 6.45) is 3.41. The molecule has 0 bridgehead atoms. The molecule has 0 radical (unpaired) electrons. The Hall–Kier alpha value is -1.61. The van der Waals surface area contributed by atoms with Gasteiger partial charge in [-0.1, -0.05) is 17.7 Å². The Morgan fingerprint density at radius 1 is 1.19 bits per heavy atom. The fourth-order valence-corrected chi connectivity index (χ4v) is 3.13. The van der Waals surface area contributed by atoms with Crippen LogP contribution in [0.25, 0.3) is 10.9 Å². The SMILES string of the molecule is Cc1cc(C(=O)N2CCCCC2)c2ccc(Cl)c(C)c2n1. The molecular weight excluding hydrogens is 284 g/mol. The number of carbonyl (C=O) groups is 1. The minimum Gasteiger partial charge on any atom is -0.339 e. The van der Waals surface area contributed by atoms with E-state index >= 15 is 0 Å². The molecule has 1 saturated heterocycles. The Kier molecular flexibility index (Phi) is 3.85. The van der Waals surface area contributed by atoms with E-state index in [1.165, 1.54) is 6.42 Å². The van der Waals surface area contributed by atoms with E-state index in [0.717, 1.165) is 53.7 Å². The van der Waals surface area contributed by atoms with Crippen LogP contribution >= 0.6 is 11.6 Å². The van der Waals surface area contributed by atoms with Crippen molar-refractivity contribution in [1.29, 1.82) is 0 Å². The molecule has 4 heteroatoms. The smallest absolute Gasteiger partial charge is 0.254 e. The summed E-state index contributed by atoms with van der Waals surface area (Å²) in [5.41, 5.74) is 3.38. The molecule has 1 aromatic carbocycles. The van der Waals surface area contributed by atoms with Crippen molar-refractivity contribution in [3.8, 4) is 0 Å². The summed E-state index contributed by atoms with van der Waals surface area (Å²) in [4.78, 5) is 19.4. The Morgan fingerprint density at radius 2 is 1.90 bits per heavy atom. The van der Waals surface area contributed by atoms with Crippen molar-refractivity contribution in [3.05, 3.63) is 40.0 Å². The van der Waals surface area contributed by atoms with Crippen LogP contribution in [-0.2, 0) is 0 Å². The van der Waals surface area contributed by atoms with Gasteiger partial charge in [-0.25, -0.2) is 0 Å². The highest BCUT2D eigenvalue weighted by molar-refractivity contribution is 6.32. The van der Waals surface area contributed by atoms with Crippen LogP contribution in [0.1, 0.15) is 40.9 Å². The predicted octanol–water partition coefficient (Wildman–Crippen LogP) is 4.13. The monoisotopic (exact) mass is 302 g/mol. The fourth-order valence-electron chi connectivity index (χ4n) is 2.98. The maximum Gasteiger partial charge on any atom is 0.254 e. The van der Waals surface area contributed by atoms with Gasteiger partial charge in [0.15, 0.2) is 0 Å². The van der Waals surface area contributed by atoms with Crippen molar-refractivity contribution in [2.75, 3.05) is 13.1 Å². The quantitative estimate of drug-likeness (QED) is 0.793. The first-order valence-corrected chi connectivity index (χ1v) is 7.81. The van der Waals surface area contributed by atoms with Gasteiger partial charge < -0.3 is 4.90 Å². The number of aryl methyl sites for hydroxylation is 2. The Balaban J connectivity index is 2.13. The lowest BCUT2D eigenvalue weighted by atomic mass is 10.0. The molecule has 0 unspecified atom stereocenters. The topological polar surface area (TPSA) is 33.2 Å². The first-order valence-electron chi connectivity index (χ1n) is 7.43. The number of fused-ring (bicyclic) bond motifs is 1. The first-order chi connectivity index (χ1) is 10.1. The number of nitrogens with zero attached hydrogens (tertiary/aromatic N) is 2. The lowest BCUT2D eigenvalue weighted by Crippen LogP contribution is -2.35. The van der Waals surface area contributed by atoms with Crippen LogP contribution in [0.2, 0.25) is 5.02 Å². The van der Waals surface area contributed by atoms with Gasteiger partial charge in [-0.05, 0) is 50.8 Å². The highest BCUT2D eigenvalue weighted by Crippen LogP contribution is 2.28. The van der Waals surface area contributed by atoms with Crippen molar-refractivity contribution in [3.63, 3.8) is 0 Å². The fraction of sp³-hybridized carbons (Fsp3) is 0.412. The van der Waals surface area contributed by atoms with Crippen molar-refractivity contribution in [2.24, 2.45) is 0 Å². The number of aromatic nitrogens is 1. The molecule has 1 aromatic heterocycles. The van der Waals surface area contributed by atoms with Crippen LogP contribution in [0, 0.1) is 13.8 Å². The molecule has 1 amide bonds. The normalized spacial score (nSPS) is 15.5. The maximum atomic E-state index is 12.8. The molecule has 0 spiro atoms. The van der Waals surface area contributed by atoms with Crippen LogP contribution in [0.5, 0.6) is 0 Å². The third-order valence-electron chi connectivity index (χ3n) is 4.17. The first kappa shape index (κ1) is 14.3. The van der Waals surface area contributed by atoms with E-state index in [1.54, 1.807) is 0 Å². The minimum absolute atomic E-state index is 0.118. The van der Waals surface area contributed by atoms with Gasteiger partial charge in [0.2, 0.25) is 0 Å². The molecule has 110 valence electrons. The number of piperidine rings is 1. The molecule has 2 heterocycles.